The molecule has 76 valence electrons. The molecular formula is C11H15NO2. The first-order chi connectivity index (χ1) is 6.48. The van der Waals surface area contributed by atoms with Gasteiger partial charge in [0.1, 0.15) is 0 Å². The molecule has 0 bridgehead atoms. The molecule has 0 atom stereocenters. The normalized spacial score (nSPS) is 11.1. The van der Waals surface area contributed by atoms with Crippen molar-refractivity contribution >= 4 is 5.91 Å². The van der Waals surface area contributed by atoms with Gasteiger partial charge in [-0.15, -0.1) is 0 Å². The van der Waals surface area contributed by atoms with Gasteiger partial charge in [0.05, 0.1) is 5.41 Å². The Kier molecular flexibility index (Phi) is 2.91. The Balaban J connectivity index is 3.03. The molecule has 0 aliphatic carbocycles. The van der Waals surface area contributed by atoms with Crippen LogP contribution in [0.3, 0.4) is 0 Å². The van der Waals surface area contributed by atoms with Crippen molar-refractivity contribution < 1.29 is 10.0 Å². The van der Waals surface area contributed by atoms with E-state index in [4.69, 9.17) is 5.21 Å². The van der Waals surface area contributed by atoms with Crippen LogP contribution in [-0.2, 0) is 10.2 Å². The fourth-order valence-corrected chi connectivity index (χ4v) is 1.24. The van der Waals surface area contributed by atoms with Crippen LogP contribution >= 0.6 is 0 Å². The van der Waals surface area contributed by atoms with Gasteiger partial charge in [-0.3, -0.25) is 10.0 Å². The summed E-state index contributed by atoms with van der Waals surface area (Å²) >= 11 is 0. The molecule has 1 rings (SSSR count). The van der Waals surface area contributed by atoms with Gasteiger partial charge in [-0.1, -0.05) is 29.8 Å². The minimum Gasteiger partial charge on any atom is -0.289 e. The maximum absolute atomic E-state index is 11.4. The molecule has 1 aromatic carbocycles. The van der Waals surface area contributed by atoms with E-state index in [9.17, 15) is 4.79 Å². The van der Waals surface area contributed by atoms with Crippen LogP contribution in [0.25, 0.3) is 0 Å². The number of rotatable bonds is 2. The lowest BCUT2D eigenvalue weighted by atomic mass is 9.84. The Morgan fingerprint density at radius 2 is 1.79 bits per heavy atom. The Morgan fingerprint density at radius 1 is 1.29 bits per heavy atom. The third kappa shape index (κ3) is 1.93. The maximum Gasteiger partial charge on any atom is 0.253 e. The minimum atomic E-state index is -0.706. The second-order valence-corrected chi connectivity index (χ2v) is 3.93. The number of amides is 1. The number of benzene rings is 1. The van der Waals surface area contributed by atoms with Crippen LogP contribution in [0.5, 0.6) is 0 Å². The zero-order valence-electron chi connectivity index (χ0n) is 8.66. The highest BCUT2D eigenvalue weighted by molar-refractivity contribution is 5.86. The van der Waals surface area contributed by atoms with Crippen molar-refractivity contribution in [1.29, 1.82) is 0 Å². The molecule has 0 unspecified atom stereocenters. The summed E-state index contributed by atoms with van der Waals surface area (Å²) in [5.41, 5.74) is 3.00. The Morgan fingerprint density at radius 3 is 2.21 bits per heavy atom. The van der Waals surface area contributed by atoms with E-state index < -0.39 is 11.3 Å². The summed E-state index contributed by atoms with van der Waals surface area (Å²) in [5.74, 6) is -0.402. The minimum absolute atomic E-state index is 0.402. The average molecular weight is 193 g/mol. The first-order valence-electron chi connectivity index (χ1n) is 4.50. The van der Waals surface area contributed by atoms with Crippen molar-refractivity contribution in [3.05, 3.63) is 35.4 Å². The van der Waals surface area contributed by atoms with Gasteiger partial charge < -0.3 is 0 Å². The quantitative estimate of drug-likeness (QED) is 0.555. The third-order valence-corrected chi connectivity index (χ3v) is 2.44. The van der Waals surface area contributed by atoms with Crippen LogP contribution in [0.2, 0.25) is 0 Å². The van der Waals surface area contributed by atoms with E-state index in [1.807, 2.05) is 31.2 Å². The van der Waals surface area contributed by atoms with Crippen LogP contribution in [-0.4, -0.2) is 11.1 Å². The second-order valence-electron chi connectivity index (χ2n) is 3.93. The smallest absolute Gasteiger partial charge is 0.253 e. The topological polar surface area (TPSA) is 49.3 Å². The predicted molar refractivity (Wildman–Crippen MR) is 54.1 cm³/mol. The van der Waals surface area contributed by atoms with Crippen LogP contribution < -0.4 is 5.48 Å². The van der Waals surface area contributed by atoms with Crippen LogP contribution in [0, 0.1) is 6.92 Å². The number of carbonyl (C=O) groups excluding carboxylic acids is 1. The average Bonchev–Trinajstić information content (AvgIpc) is 2.17. The molecule has 1 aromatic rings. The molecule has 0 spiro atoms. The number of nitrogens with one attached hydrogen (secondary N) is 1. The van der Waals surface area contributed by atoms with Crippen molar-refractivity contribution in [3.63, 3.8) is 0 Å². The van der Waals surface area contributed by atoms with Crippen molar-refractivity contribution in [3.8, 4) is 0 Å². The number of hydroxylamine groups is 1. The standard InChI is InChI=1S/C11H15NO2/c1-8-4-6-9(7-5-8)11(2,3)10(13)12-14/h4-7,14H,1-3H3,(H,12,13). The summed E-state index contributed by atoms with van der Waals surface area (Å²) in [7, 11) is 0. The number of hydrogen-bond acceptors (Lipinski definition) is 2. The van der Waals surface area contributed by atoms with Gasteiger partial charge in [-0.25, -0.2) is 5.48 Å². The lowest BCUT2D eigenvalue weighted by Crippen LogP contribution is -2.38. The Hall–Kier alpha value is -1.35. The predicted octanol–water partition coefficient (Wildman–Crippen LogP) is 1.78. The molecule has 0 fully saturated rings. The molecule has 0 aliphatic heterocycles. The van der Waals surface area contributed by atoms with Crippen molar-refractivity contribution in [2.24, 2.45) is 0 Å². The van der Waals surface area contributed by atoms with Crippen LogP contribution in [0.4, 0.5) is 0 Å². The van der Waals surface area contributed by atoms with E-state index in [1.165, 1.54) is 0 Å². The van der Waals surface area contributed by atoms with Gasteiger partial charge in [-0.2, -0.15) is 0 Å². The van der Waals surface area contributed by atoms with Gasteiger partial charge in [-0.05, 0) is 26.3 Å². The van der Waals surface area contributed by atoms with Crippen molar-refractivity contribution in [1.82, 2.24) is 5.48 Å². The van der Waals surface area contributed by atoms with Crippen molar-refractivity contribution in [2.45, 2.75) is 26.2 Å². The molecule has 14 heavy (non-hydrogen) atoms. The molecule has 0 aliphatic rings. The summed E-state index contributed by atoms with van der Waals surface area (Å²) < 4.78 is 0. The van der Waals surface area contributed by atoms with E-state index >= 15 is 0 Å². The summed E-state index contributed by atoms with van der Waals surface area (Å²) in [6.07, 6.45) is 0. The highest BCUT2D eigenvalue weighted by Crippen LogP contribution is 2.23. The molecule has 0 aromatic heterocycles. The second kappa shape index (κ2) is 3.80. The zero-order chi connectivity index (χ0) is 10.8. The van der Waals surface area contributed by atoms with Gasteiger partial charge in [0, 0.05) is 0 Å². The van der Waals surface area contributed by atoms with Crippen molar-refractivity contribution in [2.75, 3.05) is 0 Å². The molecule has 1 amide bonds. The van der Waals surface area contributed by atoms with Crippen LogP contribution in [0.1, 0.15) is 25.0 Å². The number of aryl methyl sites for hydroxylation is 1. The Labute approximate surface area is 83.7 Å². The molecule has 3 nitrogen and oxygen atoms in total. The third-order valence-electron chi connectivity index (χ3n) is 2.44. The molecule has 2 N–H and O–H groups in total. The lowest BCUT2D eigenvalue weighted by Gasteiger charge is -2.22. The van der Waals surface area contributed by atoms with Gasteiger partial charge in [0.15, 0.2) is 0 Å². The molecule has 0 radical (unpaired) electrons. The summed E-state index contributed by atoms with van der Waals surface area (Å²) in [4.78, 5) is 11.4. The first-order valence-corrected chi connectivity index (χ1v) is 4.50. The van der Waals surface area contributed by atoms with Gasteiger partial charge in [0.25, 0.3) is 5.91 Å². The fraction of sp³-hybridized carbons (Fsp3) is 0.364. The van der Waals surface area contributed by atoms with E-state index in [1.54, 1.807) is 19.3 Å². The van der Waals surface area contributed by atoms with E-state index in [2.05, 4.69) is 0 Å². The fourth-order valence-electron chi connectivity index (χ4n) is 1.24. The highest BCUT2D eigenvalue weighted by atomic mass is 16.5. The lowest BCUT2D eigenvalue weighted by molar-refractivity contribution is -0.134. The van der Waals surface area contributed by atoms with E-state index in [0.29, 0.717) is 0 Å². The molecular weight excluding hydrogens is 178 g/mol. The highest BCUT2D eigenvalue weighted by Gasteiger charge is 2.29. The largest absolute Gasteiger partial charge is 0.289 e. The zero-order valence-corrected chi connectivity index (χ0v) is 8.66. The Bertz CT molecular complexity index is 328. The van der Waals surface area contributed by atoms with Gasteiger partial charge in [0.2, 0.25) is 0 Å². The van der Waals surface area contributed by atoms with E-state index in [-0.39, 0.29) is 0 Å². The number of carbonyl (C=O) groups is 1. The SMILES string of the molecule is Cc1ccc(C(C)(C)C(=O)NO)cc1. The molecule has 0 saturated carbocycles. The first kappa shape index (κ1) is 10.7. The maximum atomic E-state index is 11.4. The van der Waals surface area contributed by atoms with Gasteiger partial charge >= 0.3 is 0 Å². The number of hydrogen-bond donors (Lipinski definition) is 2. The monoisotopic (exact) mass is 193 g/mol. The summed E-state index contributed by atoms with van der Waals surface area (Å²) in [6.45, 7) is 5.52. The van der Waals surface area contributed by atoms with Crippen LogP contribution in [0.15, 0.2) is 24.3 Å². The molecule has 0 saturated heterocycles. The summed E-state index contributed by atoms with van der Waals surface area (Å²) in [5, 5.41) is 8.59. The molecule has 0 heterocycles. The molecule has 3 heteroatoms. The van der Waals surface area contributed by atoms with E-state index in [0.717, 1.165) is 11.1 Å². The summed E-state index contributed by atoms with van der Waals surface area (Å²) in [6, 6.07) is 7.68.